The Hall–Kier alpha value is -1.62. The van der Waals surface area contributed by atoms with E-state index in [1.165, 1.54) is 12.1 Å². The van der Waals surface area contributed by atoms with Crippen LogP contribution in [0.1, 0.15) is 36.0 Å². The summed E-state index contributed by atoms with van der Waals surface area (Å²) in [5.74, 6) is -0.855. The van der Waals surface area contributed by atoms with Gasteiger partial charge in [-0.25, -0.2) is 4.39 Å². The molecule has 0 radical (unpaired) electrons. The van der Waals surface area contributed by atoms with Gasteiger partial charge in [0.25, 0.3) is 5.91 Å². The molecular formula is C13H17FN2O2. The average molecular weight is 252 g/mol. The number of aliphatic hydroxyl groups is 1. The summed E-state index contributed by atoms with van der Waals surface area (Å²) in [6, 6.07) is 3.65. The monoisotopic (exact) mass is 252 g/mol. The fraction of sp³-hybridized carbons (Fsp3) is 0.462. The summed E-state index contributed by atoms with van der Waals surface area (Å²) >= 11 is 0. The van der Waals surface area contributed by atoms with Crippen LogP contribution in [0.3, 0.4) is 0 Å². The fourth-order valence-corrected chi connectivity index (χ4v) is 2.29. The zero-order valence-electron chi connectivity index (χ0n) is 10.1. The number of nitrogens with one attached hydrogen (secondary N) is 1. The van der Waals surface area contributed by atoms with Gasteiger partial charge < -0.3 is 16.2 Å². The highest BCUT2D eigenvalue weighted by Gasteiger charge is 2.31. The van der Waals surface area contributed by atoms with Crippen molar-refractivity contribution in [3.63, 3.8) is 0 Å². The summed E-state index contributed by atoms with van der Waals surface area (Å²) in [5.41, 5.74) is 5.11. The Morgan fingerprint density at radius 3 is 2.72 bits per heavy atom. The van der Waals surface area contributed by atoms with Crippen molar-refractivity contribution in [1.29, 1.82) is 0 Å². The third kappa shape index (κ3) is 2.79. The smallest absolute Gasteiger partial charge is 0.253 e. The lowest BCUT2D eigenvalue weighted by Crippen LogP contribution is -2.40. The molecule has 98 valence electrons. The molecule has 0 atom stereocenters. The normalized spacial score (nSPS) is 17.7. The van der Waals surface area contributed by atoms with E-state index in [0.29, 0.717) is 12.8 Å². The van der Waals surface area contributed by atoms with Crippen LogP contribution in [0.25, 0.3) is 0 Å². The predicted octanol–water partition coefficient (Wildman–Crippen LogP) is 1.44. The van der Waals surface area contributed by atoms with E-state index < -0.39 is 11.4 Å². The Kier molecular flexibility index (Phi) is 3.52. The van der Waals surface area contributed by atoms with E-state index >= 15 is 0 Å². The zero-order valence-corrected chi connectivity index (χ0v) is 10.1. The Morgan fingerprint density at radius 1 is 1.44 bits per heavy atom. The van der Waals surface area contributed by atoms with Crippen molar-refractivity contribution in [3.8, 4) is 0 Å². The Bertz CT molecular complexity index is 456. The van der Waals surface area contributed by atoms with Gasteiger partial charge in [-0.15, -0.1) is 0 Å². The van der Waals surface area contributed by atoms with Crippen LogP contribution < -0.4 is 11.1 Å². The number of carbonyl (C=O) groups is 1. The van der Waals surface area contributed by atoms with E-state index in [4.69, 9.17) is 5.73 Å². The standard InChI is InChI=1S/C13H17FN2O2/c14-9-3-4-10(11(15)7-9)12(17)16-8-13(18)5-1-2-6-13/h3-4,7,18H,1-2,5-6,8,15H2,(H,16,17). The third-order valence-electron chi connectivity index (χ3n) is 3.37. The molecule has 0 unspecified atom stereocenters. The molecule has 0 aromatic heterocycles. The Morgan fingerprint density at radius 2 is 2.11 bits per heavy atom. The van der Waals surface area contributed by atoms with Crippen molar-refractivity contribution in [2.24, 2.45) is 0 Å². The van der Waals surface area contributed by atoms with Crippen molar-refractivity contribution >= 4 is 11.6 Å². The molecule has 1 amide bonds. The lowest BCUT2D eigenvalue weighted by molar-refractivity contribution is 0.0450. The summed E-state index contributed by atoms with van der Waals surface area (Å²) in [5, 5.41) is 12.7. The van der Waals surface area contributed by atoms with E-state index in [9.17, 15) is 14.3 Å². The molecule has 0 aliphatic heterocycles. The van der Waals surface area contributed by atoms with E-state index in [0.717, 1.165) is 18.9 Å². The van der Waals surface area contributed by atoms with Crippen LogP contribution >= 0.6 is 0 Å². The second kappa shape index (κ2) is 4.94. The summed E-state index contributed by atoms with van der Waals surface area (Å²) in [6.45, 7) is 0.211. The first-order valence-corrected chi connectivity index (χ1v) is 6.06. The van der Waals surface area contributed by atoms with Gasteiger partial charge in [0.2, 0.25) is 0 Å². The first-order valence-electron chi connectivity index (χ1n) is 6.06. The third-order valence-corrected chi connectivity index (χ3v) is 3.37. The second-order valence-corrected chi connectivity index (χ2v) is 4.85. The molecule has 0 saturated heterocycles. The number of benzene rings is 1. The van der Waals surface area contributed by atoms with Gasteiger partial charge in [-0.1, -0.05) is 12.8 Å². The molecule has 1 saturated carbocycles. The highest BCUT2D eigenvalue weighted by molar-refractivity contribution is 5.99. The molecule has 1 aliphatic carbocycles. The number of hydrogen-bond donors (Lipinski definition) is 3. The highest BCUT2D eigenvalue weighted by Crippen LogP contribution is 2.28. The lowest BCUT2D eigenvalue weighted by Gasteiger charge is -2.22. The van der Waals surface area contributed by atoms with Gasteiger partial charge in [-0.05, 0) is 31.0 Å². The predicted molar refractivity (Wildman–Crippen MR) is 66.6 cm³/mol. The van der Waals surface area contributed by atoms with E-state index in [1.54, 1.807) is 0 Å². The molecule has 4 nitrogen and oxygen atoms in total. The highest BCUT2D eigenvalue weighted by atomic mass is 19.1. The van der Waals surface area contributed by atoms with Crippen molar-refractivity contribution < 1.29 is 14.3 Å². The molecular weight excluding hydrogens is 235 g/mol. The largest absolute Gasteiger partial charge is 0.398 e. The summed E-state index contributed by atoms with van der Waals surface area (Å²) in [4.78, 5) is 11.9. The molecule has 1 aromatic rings. The molecule has 2 rings (SSSR count). The van der Waals surface area contributed by atoms with Crippen LogP contribution in [-0.2, 0) is 0 Å². The first kappa shape index (κ1) is 12.8. The van der Waals surface area contributed by atoms with Crippen molar-refractivity contribution in [3.05, 3.63) is 29.6 Å². The molecule has 0 bridgehead atoms. The fourth-order valence-electron chi connectivity index (χ4n) is 2.29. The van der Waals surface area contributed by atoms with E-state index in [1.807, 2.05) is 0 Å². The Labute approximate surface area is 105 Å². The minimum Gasteiger partial charge on any atom is -0.398 e. The molecule has 1 aromatic carbocycles. The van der Waals surface area contributed by atoms with Crippen LogP contribution in [0.4, 0.5) is 10.1 Å². The topological polar surface area (TPSA) is 75.4 Å². The average Bonchev–Trinajstić information content (AvgIpc) is 2.74. The molecule has 0 heterocycles. The van der Waals surface area contributed by atoms with Gasteiger partial charge in [-0.3, -0.25) is 4.79 Å². The number of amides is 1. The first-order chi connectivity index (χ1) is 8.50. The summed E-state index contributed by atoms with van der Waals surface area (Å²) in [6.07, 6.45) is 3.36. The van der Waals surface area contributed by atoms with E-state index in [2.05, 4.69) is 5.32 Å². The minimum absolute atomic E-state index is 0.103. The van der Waals surface area contributed by atoms with Gasteiger partial charge in [0.15, 0.2) is 0 Å². The molecule has 0 spiro atoms. The number of hydrogen-bond acceptors (Lipinski definition) is 3. The number of anilines is 1. The minimum atomic E-state index is -0.801. The maximum atomic E-state index is 12.9. The molecule has 5 heteroatoms. The quantitative estimate of drug-likeness (QED) is 0.712. The van der Waals surface area contributed by atoms with Crippen molar-refractivity contribution in [1.82, 2.24) is 5.32 Å². The molecule has 1 fully saturated rings. The number of carbonyl (C=O) groups excluding carboxylic acids is 1. The van der Waals surface area contributed by atoms with Gasteiger partial charge in [0.05, 0.1) is 11.2 Å². The van der Waals surface area contributed by atoms with E-state index in [-0.39, 0.29) is 23.7 Å². The molecule has 1 aliphatic rings. The number of nitrogen functional groups attached to an aromatic ring is 1. The van der Waals surface area contributed by atoms with Crippen molar-refractivity contribution in [2.75, 3.05) is 12.3 Å². The van der Waals surface area contributed by atoms with Gasteiger partial charge >= 0.3 is 0 Å². The maximum absolute atomic E-state index is 12.9. The lowest BCUT2D eigenvalue weighted by atomic mass is 10.0. The van der Waals surface area contributed by atoms with Gasteiger partial charge in [0.1, 0.15) is 5.82 Å². The maximum Gasteiger partial charge on any atom is 0.253 e. The Balaban J connectivity index is 1.99. The van der Waals surface area contributed by atoms with Crippen molar-refractivity contribution in [2.45, 2.75) is 31.3 Å². The van der Waals surface area contributed by atoms with Gasteiger partial charge in [-0.2, -0.15) is 0 Å². The van der Waals surface area contributed by atoms with Crippen LogP contribution in [-0.4, -0.2) is 23.2 Å². The molecule has 4 N–H and O–H groups in total. The summed E-state index contributed by atoms with van der Waals surface area (Å²) < 4.78 is 12.9. The molecule has 18 heavy (non-hydrogen) atoms. The zero-order chi connectivity index (χ0) is 13.2. The number of nitrogens with two attached hydrogens (primary N) is 1. The van der Waals surface area contributed by atoms with Crippen LogP contribution in [0.2, 0.25) is 0 Å². The number of halogens is 1. The van der Waals surface area contributed by atoms with Gasteiger partial charge in [0, 0.05) is 12.2 Å². The van der Waals surface area contributed by atoms with Crippen LogP contribution in [0.15, 0.2) is 18.2 Å². The van der Waals surface area contributed by atoms with Crippen LogP contribution in [0.5, 0.6) is 0 Å². The van der Waals surface area contributed by atoms with Crippen LogP contribution in [0, 0.1) is 5.82 Å². The SMILES string of the molecule is Nc1cc(F)ccc1C(=O)NCC1(O)CCCC1. The number of rotatable bonds is 3. The second-order valence-electron chi connectivity index (χ2n) is 4.85. The summed E-state index contributed by atoms with van der Waals surface area (Å²) in [7, 11) is 0.